The molecule has 0 bridgehead atoms. The molecule has 324 valence electrons. The number of piperidine rings is 1. The first-order valence-electron chi connectivity index (χ1n) is 20.7. The van der Waals surface area contributed by atoms with Crippen LogP contribution in [0.25, 0.3) is 10.9 Å². The van der Waals surface area contributed by atoms with Crippen LogP contribution >= 0.6 is 18.7 Å². The van der Waals surface area contributed by atoms with E-state index in [2.05, 4.69) is 47.6 Å². The van der Waals surface area contributed by atoms with Gasteiger partial charge in [-0.1, -0.05) is 18.5 Å². The summed E-state index contributed by atoms with van der Waals surface area (Å²) in [4.78, 5) is 48.8. The second-order valence-electron chi connectivity index (χ2n) is 17.5. The van der Waals surface area contributed by atoms with Crippen molar-refractivity contribution in [2.24, 2.45) is 11.3 Å². The van der Waals surface area contributed by atoms with Crippen LogP contribution in [0, 0.1) is 29.9 Å². The molecular formula is C44H48ClF2N10O4P. The van der Waals surface area contributed by atoms with Crippen molar-refractivity contribution in [3.63, 3.8) is 0 Å². The molecule has 0 radical (unpaired) electrons. The minimum Gasteiger partial charge on any atom is -0.494 e. The lowest BCUT2D eigenvalue weighted by molar-refractivity contribution is -0.134. The summed E-state index contributed by atoms with van der Waals surface area (Å²) in [7, 11) is -1.18. The maximum atomic E-state index is 15.1. The average molecular weight is 885 g/mol. The normalized spacial score (nSPS) is 18.9. The van der Waals surface area contributed by atoms with Crippen molar-refractivity contribution in [3.8, 4) is 5.75 Å². The number of methoxy groups -OCH3 is 1. The molecule has 3 aromatic carbocycles. The molecule has 4 aliphatic rings. The van der Waals surface area contributed by atoms with Crippen LogP contribution in [0.3, 0.4) is 0 Å². The molecular weight excluding hydrogens is 837 g/mol. The Balaban J connectivity index is 0.801. The fourth-order valence-electron chi connectivity index (χ4n) is 9.51. The largest absolute Gasteiger partial charge is 0.494 e. The summed E-state index contributed by atoms with van der Waals surface area (Å²) in [6.07, 6.45) is 4.08. The van der Waals surface area contributed by atoms with Gasteiger partial charge in [-0.25, -0.2) is 23.7 Å². The zero-order valence-electron chi connectivity index (χ0n) is 35.2. The predicted molar refractivity (Wildman–Crippen MR) is 238 cm³/mol. The van der Waals surface area contributed by atoms with Crippen molar-refractivity contribution in [2.75, 3.05) is 86.7 Å². The Bertz CT molecular complexity index is 2660. The summed E-state index contributed by atoms with van der Waals surface area (Å²) in [5.74, 6) is -1.22. The third-order valence-electron chi connectivity index (χ3n) is 12.4. The van der Waals surface area contributed by atoms with Gasteiger partial charge in [-0.3, -0.25) is 14.9 Å². The van der Waals surface area contributed by atoms with Crippen molar-refractivity contribution >= 4 is 81.3 Å². The summed E-state index contributed by atoms with van der Waals surface area (Å²) in [5.41, 5.74) is 4.59. The molecule has 9 rings (SSSR count). The number of nitrogens with one attached hydrogen (secondary N) is 3. The molecule has 3 N–H and O–H groups in total. The van der Waals surface area contributed by atoms with Gasteiger partial charge in [0.05, 0.1) is 36.1 Å². The number of benzene rings is 3. The molecule has 6 heterocycles. The number of anilines is 6. The van der Waals surface area contributed by atoms with E-state index in [0.29, 0.717) is 81.5 Å². The first-order valence-corrected chi connectivity index (χ1v) is 23.7. The topological polar surface area (TPSA) is 158 Å². The van der Waals surface area contributed by atoms with Crippen LogP contribution in [0.1, 0.15) is 42.6 Å². The molecule has 4 saturated heterocycles. The molecule has 2 aromatic heterocycles. The van der Waals surface area contributed by atoms with Crippen LogP contribution in [-0.2, 0) is 20.6 Å². The van der Waals surface area contributed by atoms with Gasteiger partial charge in [0.2, 0.25) is 17.8 Å². The van der Waals surface area contributed by atoms with E-state index < -0.39 is 36.5 Å². The van der Waals surface area contributed by atoms with Crippen LogP contribution in [-0.4, -0.2) is 103 Å². The Morgan fingerprint density at radius 2 is 1.71 bits per heavy atom. The number of rotatable bonds is 12. The molecule has 0 unspecified atom stereocenters. The van der Waals surface area contributed by atoms with E-state index in [0.717, 1.165) is 49.5 Å². The first-order chi connectivity index (χ1) is 29.6. The lowest BCUT2D eigenvalue weighted by atomic mass is 9.72. The highest BCUT2D eigenvalue weighted by Gasteiger charge is 2.52. The Labute approximate surface area is 363 Å². The number of carbonyl (C=O) groups excluding carboxylic acids is 2. The summed E-state index contributed by atoms with van der Waals surface area (Å²) in [6.45, 7) is 13.6. The fraction of sp³-hybridized carbons (Fsp3) is 0.409. The molecule has 0 saturated carbocycles. The summed E-state index contributed by atoms with van der Waals surface area (Å²) < 4.78 is 49.7. The number of imide groups is 1. The van der Waals surface area contributed by atoms with Crippen LogP contribution in [0.15, 0.2) is 48.8 Å². The Kier molecular flexibility index (Phi) is 10.8. The van der Waals surface area contributed by atoms with E-state index in [-0.39, 0.29) is 23.8 Å². The zero-order chi connectivity index (χ0) is 43.7. The average Bonchev–Trinajstić information content (AvgIpc) is 3.17. The number of ether oxygens (including phenoxy) is 1. The van der Waals surface area contributed by atoms with Gasteiger partial charge in [0.1, 0.15) is 35.4 Å². The number of hydrogen-bond donors (Lipinski definition) is 3. The van der Waals surface area contributed by atoms with Gasteiger partial charge in [0.15, 0.2) is 5.82 Å². The van der Waals surface area contributed by atoms with Crippen LogP contribution in [0.4, 0.5) is 43.3 Å². The number of carbonyl (C=O) groups is 2. The Hall–Kier alpha value is -5.44. The van der Waals surface area contributed by atoms with Crippen molar-refractivity contribution in [2.45, 2.75) is 39.0 Å². The van der Waals surface area contributed by atoms with Gasteiger partial charge in [-0.05, 0) is 62.6 Å². The zero-order valence-corrected chi connectivity index (χ0v) is 36.8. The van der Waals surface area contributed by atoms with Crippen LogP contribution < -0.4 is 35.8 Å². The fourth-order valence-corrected chi connectivity index (χ4v) is 11.1. The van der Waals surface area contributed by atoms with Gasteiger partial charge in [-0.2, -0.15) is 4.98 Å². The number of likely N-dealkylation sites (tertiary alicyclic amines) is 1. The van der Waals surface area contributed by atoms with Crippen molar-refractivity contribution in [3.05, 3.63) is 82.4 Å². The predicted octanol–water partition coefficient (Wildman–Crippen LogP) is 6.74. The molecule has 5 aromatic rings. The molecule has 4 fully saturated rings. The van der Waals surface area contributed by atoms with Gasteiger partial charge >= 0.3 is 0 Å². The number of amides is 2. The van der Waals surface area contributed by atoms with Gasteiger partial charge in [-0.15, -0.1) is 0 Å². The maximum Gasteiger partial charge on any atom is 0.234 e. The molecule has 4 aliphatic heterocycles. The van der Waals surface area contributed by atoms with E-state index in [4.69, 9.17) is 21.3 Å². The maximum absolute atomic E-state index is 15.1. The van der Waals surface area contributed by atoms with Crippen LogP contribution in [0.2, 0.25) is 5.02 Å². The Morgan fingerprint density at radius 1 is 0.968 bits per heavy atom. The molecule has 0 aliphatic carbocycles. The monoisotopic (exact) mass is 884 g/mol. The summed E-state index contributed by atoms with van der Waals surface area (Å²) in [5, 5.41) is 10.4. The number of aryl methyl sites for hydroxylation is 2. The summed E-state index contributed by atoms with van der Waals surface area (Å²) >= 11 is 6.61. The standard InChI is InChI=1S/C44H48ClF2N10O4P/c1-6-37-48-15-28-32(50-37)8-9-33(40(28)62(4,5)60)51-41-29(45)16-49-43(54-41)52-34-11-24(2)35(14-36(34)61-3)57-22-44(23-57)20-55(21-44)17-25-18-56(19-25)26-12-30(46)39(31(47)13-26)27-7-10-38(58)53-42(27)59/h8-9,11-16,25,27H,6-7,10,17-23H2,1-5H3,(H,53,58,59)(H2,49,51,52,54)/t27-/m1/s1. The van der Waals surface area contributed by atoms with Crippen molar-refractivity contribution in [1.82, 2.24) is 30.2 Å². The smallest absolute Gasteiger partial charge is 0.234 e. The summed E-state index contributed by atoms with van der Waals surface area (Å²) in [6, 6.07) is 10.4. The number of halogens is 3. The third-order valence-corrected chi connectivity index (χ3v) is 14.2. The molecule has 1 spiro atoms. The number of aromatic nitrogens is 4. The molecule has 18 heteroatoms. The lowest BCUT2D eigenvalue weighted by Gasteiger charge is -2.62. The second-order valence-corrected chi connectivity index (χ2v) is 21.0. The highest BCUT2D eigenvalue weighted by Crippen LogP contribution is 2.46. The SMILES string of the molecule is CCc1ncc2c(P(C)(C)=O)c(Nc3nc(Nc4cc(C)c(N5CC6(CN(CC7CN(c8cc(F)c([C@H]9CCC(=O)NC9=O)c(F)c8)C7)C6)C5)cc4OC)ncc3Cl)ccc2n1. The van der Waals surface area contributed by atoms with Crippen LogP contribution in [0.5, 0.6) is 5.75 Å². The Morgan fingerprint density at radius 3 is 2.39 bits per heavy atom. The number of fused-ring (bicyclic) bond motifs is 1. The number of nitrogens with zero attached hydrogens (tertiary/aromatic N) is 7. The molecule has 14 nitrogen and oxygen atoms in total. The van der Waals surface area contributed by atoms with E-state index in [1.165, 1.54) is 18.3 Å². The minimum atomic E-state index is -2.81. The van der Waals surface area contributed by atoms with Gasteiger partial charge in [0.25, 0.3) is 0 Å². The van der Waals surface area contributed by atoms with Gasteiger partial charge < -0.3 is 34.6 Å². The third kappa shape index (κ3) is 7.92. The van der Waals surface area contributed by atoms with Crippen molar-refractivity contribution < 1.29 is 27.7 Å². The minimum absolute atomic E-state index is 0.0567. The van der Waals surface area contributed by atoms with E-state index in [1.807, 2.05) is 36.1 Å². The lowest BCUT2D eigenvalue weighted by Crippen LogP contribution is -2.73. The highest BCUT2D eigenvalue weighted by molar-refractivity contribution is 7.71. The van der Waals surface area contributed by atoms with Gasteiger partial charge in [0, 0.05) is 110 Å². The van der Waals surface area contributed by atoms with Crippen molar-refractivity contribution in [1.29, 1.82) is 0 Å². The van der Waals surface area contributed by atoms with E-state index in [9.17, 15) is 14.2 Å². The van der Waals surface area contributed by atoms with E-state index >= 15 is 8.78 Å². The molecule has 2 amide bonds. The molecule has 1 atom stereocenters. The quantitative estimate of drug-likeness (QED) is 0.0895. The number of hydrogen-bond acceptors (Lipinski definition) is 13. The first kappa shape index (κ1) is 41.9. The molecule has 62 heavy (non-hydrogen) atoms. The highest BCUT2D eigenvalue weighted by atomic mass is 35.5. The van der Waals surface area contributed by atoms with E-state index in [1.54, 1.807) is 26.6 Å². The second kappa shape index (κ2) is 16.0.